The Morgan fingerprint density at radius 1 is 0.939 bits per heavy atom. The van der Waals surface area contributed by atoms with E-state index in [-0.39, 0.29) is 29.8 Å². The number of carbonyl (C=O) groups excluding carboxylic acids is 3. The van der Waals surface area contributed by atoms with Crippen molar-refractivity contribution in [2.45, 2.75) is 37.1 Å². The highest BCUT2D eigenvalue weighted by atomic mass is 16.2. The minimum absolute atomic E-state index is 0.0572. The van der Waals surface area contributed by atoms with Crippen molar-refractivity contribution in [2.24, 2.45) is 19.1 Å². The number of likely N-dealkylation sites (N-methyl/N-ethyl adjacent to an activating group) is 2. The minimum atomic E-state index is -0.728. The molecular weight excluding hydrogens is 434 g/mol. The van der Waals surface area contributed by atoms with Gasteiger partial charge < -0.3 is 15.2 Å². The zero-order valence-electron chi connectivity index (χ0n) is 18.4. The Balaban J connectivity index is 1.46. The lowest BCUT2D eigenvalue weighted by atomic mass is 9.96. The first-order chi connectivity index (χ1) is 15.6. The maximum absolute atomic E-state index is 12.6. The molecule has 14 nitrogen and oxygen atoms in total. The maximum Gasteiger partial charge on any atom is 0.332 e. The Labute approximate surface area is 186 Å². The van der Waals surface area contributed by atoms with Crippen LogP contribution in [0.3, 0.4) is 0 Å². The quantitative estimate of drug-likeness (QED) is 0.446. The molecule has 0 spiro atoms. The van der Waals surface area contributed by atoms with Crippen LogP contribution >= 0.6 is 0 Å². The monoisotopic (exact) mass is 457 g/mol. The third-order valence-corrected chi connectivity index (χ3v) is 6.49. The second kappa shape index (κ2) is 7.10. The number of Topliss-reactive ketones (excluding diaryl/α,β-unsaturated/α-hetero) is 1. The Morgan fingerprint density at radius 2 is 1.64 bits per heavy atom. The van der Waals surface area contributed by atoms with Gasteiger partial charge in [0.25, 0.3) is 11.5 Å². The summed E-state index contributed by atoms with van der Waals surface area (Å²) in [5.74, 6) is 0.305. The van der Waals surface area contributed by atoms with Crippen LogP contribution in [0.5, 0.6) is 0 Å². The average molecular weight is 457 g/mol. The molecule has 2 aromatic rings. The normalized spacial score (nSPS) is 27.8. The topological polar surface area (TPSA) is 167 Å². The zero-order valence-corrected chi connectivity index (χ0v) is 18.4. The number of hydrogen-bond donors (Lipinski definition) is 3. The summed E-state index contributed by atoms with van der Waals surface area (Å²) in [6, 6.07) is -2.28. The molecule has 5 heterocycles. The second-order valence-corrected chi connectivity index (χ2v) is 8.59. The number of nitrogens with zero attached hydrogens (tertiary/aromatic N) is 6. The highest BCUT2D eigenvalue weighted by Crippen LogP contribution is 2.26. The number of piperidine rings is 1. The van der Waals surface area contributed by atoms with Crippen LogP contribution in [-0.4, -0.2) is 84.8 Å². The molecule has 5 rings (SSSR count). The molecule has 0 radical (unpaired) electrons. The summed E-state index contributed by atoms with van der Waals surface area (Å²) >= 11 is 0. The van der Waals surface area contributed by atoms with Crippen molar-refractivity contribution in [1.82, 2.24) is 39.5 Å². The maximum atomic E-state index is 12.6. The van der Waals surface area contributed by atoms with Crippen LogP contribution in [0.25, 0.3) is 11.2 Å². The van der Waals surface area contributed by atoms with Crippen LogP contribution in [-0.2, 0) is 23.7 Å². The number of rotatable bonds is 2. The molecule has 0 aliphatic carbocycles. The SMILES string of the molecule is CN1C(=O)C2NC(C3CC(=O)CC(c4nc5c([nH]4)c(=O)n(C)c(=O)n5C)N3)=NC2N(C)C1=O. The van der Waals surface area contributed by atoms with Gasteiger partial charge in [0, 0.05) is 41.0 Å². The lowest BCUT2D eigenvalue weighted by molar-refractivity contribution is -0.133. The number of hydrogen-bond acceptors (Lipinski definition) is 9. The molecule has 3 aliphatic heterocycles. The van der Waals surface area contributed by atoms with Gasteiger partial charge in [0.1, 0.15) is 29.0 Å². The summed E-state index contributed by atoms with van der Waals surface area (Å²) < 4.78 is 2.25. The van der Waals surface area contributed by atoms with Gasteiger partial charge in [0.2, 0.25) is 0 Å². The lowest BCUT2D eigenvalue weighted by Gasteiger charge is -2.36. The van der Waals surface area contributed by atoms with Crippen molar-refractivity contribution < 1.29 is 14.4 Å². The number of amides is 3. The average Bonchev–Trinajstić information content (AvgIpc) is 3.44. The molecule has 0 saturated carbocycles. The highest BCUT2D eigenvalue weighted by molar-refractivity contribution is 6.05. The molecule has 14 heteroatoms. The third-order valence-electron chi connectivity index (χ3n) is 6.49. The second-order valence-electron chi connectivity index (χ2n) is 8.59. The van der Waals surface area contributed by atoms with Crippen molar-refractivity contribution >= 4 is 34.7 Å². The Hall–Kier alpha value is -3.81. The van der Waals surface area contributed by atoms with E-state index in [0.29, 0.717) is 11.7 Å². The molecule has 0 bridgehead atoms. The number of imidazole rings is 1. The number of aliphatic imine (C=N–C) groups is 1. The van der Waals surface area contributed by atoms with E-state index >= 15 is 0 Å². The van der Waals surface area contributed by atoms with E-state index in [9.17, 15) is 24.0 Å². The number of amidine groups is 1. The van der Waals surface area contributed by atoms with Crippen molar-refractivity contribution in [1.29, 1.82) is 0 Å². The van der Waals surface area contributed by atoms with Gasteiger partial charge >= 0.3 is 11.7 Å². The number of nitrogens with one attached hydrogen (secondary N) is 3. The van der Waals surface area contributed by atoms with E-state index < -0.39 is 47.5 Å². The van der Waals surface area contributed by atoms with Crippen molar-refractivity contribution in [3.63, 3.8) is 0 Å². The molecule has 2 aromatic heterocycles. The zero-order chi connectivity index (χ0) is 23.8. The van der Waals surface area contributed by atoms with Crippen molar-refractivity contribution in [3.8, 4) is 0 Å². The van der Waals surface area contributed by atoms with Crippen LogP contribution in [0.2, 0.25) is 0 Å². The fourth-order valence-corrected chi connectivity index (χ4v) is 4.59. The first kappa shape index (κ1) is 21.1. The van der Waals surface area contributed by atoms with Gasteiger partial charge in [-0.2, -0.15) is 0 Å². The van der Waals surface area contributed by atoms with Crippen LogP contribution in [0, 0.1) is 0 Å². The molecule has 3 amide bonds. The number of ketones is 1. The predicted octanol–water partition coefficient (Wildman–Crippen LogP) is -2.46. The van der Waals surface area contributed by atoms with E-state index in [1.165, 1.54) is 30.6 Å². The van der Waals surface area contributed by atoms with Crippen LogP contribution in [0.4, 0.5) is 4.79 Å². The van der Waals surface area contributed by atoms with Crippen molar-refractivity contribution in [3.05, 3.63) is 26.7 Å². The number of urea groups is 1. The van der Waals surface area contributed by atoms with Gasteiger partial charge in [-0.25, -0.2) is 19.6 Å². The molecule has 4 atom stereocenters. The first-order valence-corrected chi connectivity index (χ1v) is 10.4. The van der Waals surface area contributed by atoms with E-state index in [1.807, 2.05) is 0 Å². The summed E-state index contributed by atoms with van der Waals surface area (Å²) in [5, 5.41) is 6.37. The molecular formula is C19H23N9O5. The number of fused-ring (bicyclic) bond motifs is 2. The summed E-state index contributed by atoms with van der Waals surface area (Å²) in [6.45, 7) is 0. The predicted molar refractivity (Wildman–Crippen MR) is 115 cm³/mol. The molecule has 3 N–H and O–H groups in total. The molecule has 2 fully saturated rings. The van der Waals surface area contributed by atoms with Crippen LogP contribution < -0.4 is 21.9 Å². The summed E-state index contributed by atoms with van der Waals surface area (Å²) in [7, 11) is 5.88. The summed E-state index contributed by atoms with van der Waals surface area (Å²) in [5.41, 5.74) is -0.643. The Bertz CT molecular complexity index is 1370. The molecule has 4 unspecified atom stereocenters. The standard InChI is InChI=1S/C19H23N9O5/c1-25-14-10(16(30)27(3)18(25)32)21-12(23-14)8-5-7(29)6-9(20-8)13-22-11-15(24-13)26(2)19(33)28(4)17(11)31/h8-10,14,20H,5-6H2,1-4H3,(H,21,23)(H,22,24). The van der Waals surface area contributed by atoms with Crippen LogP contribution in [0.15, 0.2) is 14.6 Å². The van der Waals surface area contributed by atoms with Gasteiger partial charge in [-0.3, -0.25) is 33.7 Å². The number of aromatic amines is 1. The lowest BCUT2D eigenvalue weighted by Crippen LogP contribution is -2.63. The number of aryl methyl sites for hydroxylation is 1. The highest BCUT2D eigenvalue weighted by Gasteiger charge is 2.48. The van der Waals surface area contributed by atoms with Gasteiger partial charge in [0.15, 0.2) is 11.8 Å². The fraction of sp³-hybridized carbons (Fsp3) is 0.526. The van der Waals surface area contributed by atoms with E-state index in [4.69, 9.17) is 0 Å². The van der Waals surface area contributed by atoms with Gasteiger partial charge in [0.05, 0.1) is 12.1 Å². The number of carbonyl (C=O) groups is 3. The number of H-pyrrole nitrogens is 1. The van der Waals surface area contributed by atoms with Gasteiger partial charge in [-0.05, 0) is 0 Å². The van der Waals surface area contributed by atoms with E-state index in [2.05, 4.69) is 25.6 Å². The summed E-state index contributed by atoms with van der Waals surface area (Å²) in [4.78, 5) is 76.4. The summed E-state index contributed by atoms with van der Waals surface area (Å²) in [6.07, 6.45) is -0.424. The molecule has 174 valence electrons. The Kier molecular flexibility index (Phi) is 4.53. The minimum Gasteiger partial charge on any atom is -0.358 e. The molecule has 33 heavy (non-hydrogen) atoms. The fourth-order valence-electron chi connectivity index (χ4n) is 4.59. The smallest absolute Gasteiger partial charge is 0.332 e. The van der Waals surface area contributed by atoms with Gasteiger partial charge in [-0.15, -0.1) is 0 Å². The number of imide groups is 1. The van der Waals surface area contributed by atoms with E-state index in [0.717, 1.165) is 9.47 Å². The molecule has 2 saturated heterocycles. The first-order valence-electron chi connectivity index (χ1n) is 10.4. The molecule has 3 aliphatic rings. The van der Waals surface area contributed by atoms with Crippen LogP contribution in [0.1, 0.15) is 24.7 Å². The van der Waals surface area contributed by atoms with Gasteiger partial charge in [-0.1, -0.05) is 0 Å². The molecule has 0 aromatic carbocycles. The van der Waals surface area contributed by atoms with E-state index in [1.54, 1.807) is 7.05 Å². The Morgan fingerprint density at radius 3 is 2.36 bits per heavy atom. The third kappa shape index (κ3) is 3.01. The number of aromatic nitrogens is 4. The van der Waals surface area contributed by atoms with Crippen molar-refractivity contribution in [2.75, 3.05) is 14.1 Å². The largest absolute Gasteiger partial charge is 0.358 e.